The number of H-pyrrole nitrogens is 4. The molecule has 0 aliphatic carbocycles. The number of aliphatic imine (C=N–C) groups is 1. The number of rotatable bonds is 5. The number of allylic oxidation sites excluding steroid dienone is 2. The molecule has 2 aliphatic rings. The minimum atomic E-state index is -2.83. The summed E-state index contributed by atoms with van der Waals surface area (Å²) >= 11 is 0. The Morgan fingerprint density at radius 1 is 0.200 bits per heavy atom. The van der Waals surface area contributed by atoms with Gasteiger partial charge in [0, 0.05) is 72.0 Å². The minimum Gasteiger partial charge on any atom is -0.354 e. The van der Waals surface area contributed by atoms with Crippen molar-refractivity contribution in [2.24, 2.45) is 4.99 Å². The van der Waals surface area contributed by atoms with E-state index in [1.54, 1.807) is 0 Å². The smallest absolute Gasteiger partial charge is 0.200 e. The summed E-state index contributed by atoms with van der Waals surface area (Å²) in [6.45, 7) is 0. The fourth-order valence-electron chi connectivity index (χ4n) is 9.55. The van der Waals surface area contributed by atoms with Crippen LogP contribution in [0.2, 0.25) is 0 Å². The summed E-state index contributed by atoms with van der Waals surface area (Å²) in [7, 11) is 0. The first-order chi connectivity index (χ1) is 40.1. The summed E-state index contributed by atoms with van der Waals surface area (Å²) in [5, 5.41) is -4.38. The third-order valence-electron chi connectivity index (χ3n) is 13.3. The van der Waals surface area contributed by atoms with Crippen LogP contribution in [0.1, 0.15) is 50.6 Å². The molecule has 4 N–H and O–H groups in total. The van der Waals surface area contributed by atoms with Gasteiger partial charge in [-0.3, -0.25) is 0 Å². The van der Waals surface area contributed by atoms with Gasteiger partial charge in [-0.05, 0) is 60.7 Å². The Morgan fingerprint density at radius 3 is 0.659 bits per heavy atom. The van der Waals surface area contributed by atoms with Crippen molar-refractivity contribution in [1.82, 2.24) is 19.9 Å². The van der Waals surface area contributed by atoms with Gasteiger partial charge in [0.05, 0.1) is 39.2 Å². The molecule has 434 valence electrons. The second kappa shape index (κ2) is 20.2. The fraction of sp³-hybridized carbons (Fsp3) is 0. The van der Waals surface area contributed by atoms with Crippen molar-refractivity contribution >= 4 is 33.6 Å². The van der Waals surface area contributed by atoms with Gasteiger partial charge in [-0.2, -0.15) is 0 Å². The number of aromatic nitrogens is 4. The number of nitrogens with one attached hydrogen (secondary N) is 4. The van der Waals surface area contributed by atoms with Crippen LogP contribution in [0.25, 0.3) is 27.9 Å². The number of hydrogen-bond acceptors (Lipinski definition) is 1. The predicted octanol–water partition coefficient (Wildman–Crippen LogP) is 12.2. The van der Waals surface area contributed by atoms with Crippen molar-refractivity contribution < 1.29 is 110 Å². The van der Waals surface area contributed by atoms with E-state index in [4.69, 9.17) is 0 Å². The van der Waals surface area contributed by atoms with Crippen molar-refractivity contribution in [1.29, 1.82) is 0 Å². The quantitative estimate of drug-likeness (QED) is 0.0753. The Bertz CT molecular complexity index is 4760. The first-order valence-corrected chi connectivity index (χ1v) is 23.0. The lowest BCUT2D eigenvalue weighted by Crippen LogP contribution is -2.23. The highest BCUT2D eigenvalue weighted by atomic mass is 19.2. The van der Waals surface area contributed by atoms with E-state index < -0.39 is 257 Å². The van der Waals surface area contributed by atoms with Crippen LogP contribution in [0.4, 0.5) is 110 Å². The van der Waals surface area contributed by atoms with E-state index in [1.165, 1.54) is 0 Å². The van der Waals surface area contributed by atoms with Crippen molar-refractivity contribution in [3.63, 3.8) is 0 Å². The van der Waals surface area contributed by atoms with Crippen LogP contribution in [0.15, 0.2) is 71.4 Å². The van der Waals surface area contributed by atoms with Gasteiger partial charge in [-0.15, -0.1) is 0 Å². The van der Waals surface area contributed by atoms with Gasteiger partial charge in [0.2, 0.25) is 29.1 Å². The van der Waals surface area contributed by atoms with Crippen LogP contribution in [0.3, 0.4) is 0 Å². The highest BCUT2D eigenvalue weighted by Crippen LogP contribution is 2.41. The van der Waals surface area contributed by atoms with Crippen LogP contribution in [-0.4, -0.2) is 25.6 Å². The molecule has 0 radical (unpaired) electrons. The molecule has 0 spiro atoms. The summed E-state index contributed by atoms with van der Waals surface area (Å²) in [6, 6.07) is 4.22. The Kier molecular flexibility index (Phi) is 13.5. The molecule has 0 unspecified atom stereocenters. The average Bonchev–Trinajstić information content (AvgIpc) is 2.24. The third-order valence-corrected chi connectivity index (χ3v) is 13.3. The first kappa shape index (κ1) is 56.9. The van der Waals surface area contributed by atoms with E-state index in [1.807, 2.05) is 0 Å². The zero-order chi connectivity index (χ0) is 61.6. The monoisotopic (exact) mass is 1220 g/mol. The molecule has 10 bridgehead atoms. The van der Waals surface area contributed by atoms with Crippen LogP contribution < -0.4 is 21.4 Å². The van der Waals surface area contributed by atoms with Gasteiger partial charge in [-0.25, -0.2) is 115 Å². The third kappa shape index (κ3) is 8.33. The second-order valence-electron chi connectivity index (χ2n) is 18.0. The fourth-order valence-corrected chi connectivity index (χ4v) is 9.55. The molecule has 0 amide bonds. The molecule has 5 aromatic carbocycles. The molecule has 0 atom stereocenters. The molecule has 0 saturated heterocycles. The lowest BCUT2D eigenvalue weighted by atomic mass is 9.98. The normalized spacial score (nSPS) is 17.0. The van der Waals surface area contributed by atoms with E-state index in [2.05, 4.69) is 24.9 Å². The van der Waals surface area contributed by atoms with Crippen molar-refractivity contribution in [3.05, 3.63) is 284 Å². The molecule has 0 fully saturated rings. The molecule has 30 heteroatoms. The lowest BCUT2D eigenvalue weighted by Gasteiger charge is -2.14. The zero-order valence-corrected chi connectivity index (χ0v) is 40.2. The summed E-state index contributed by atoms with van der Waals surface area (Å²) < 4.78 is 388. The predicted molar refractivity (Wildman–Crippen MR) is 243 cm³/mol. The van der Waals surface area contributed by atoms with Gasteiger partial charge < -0.3 is 19.9 Å². The molecule has 0 saturated carbocycles. The summed E-state index contributed by atoms with van der Waals surface area (Å²) in [4.78, 5) is 12.7. The van der Waals surface area contributed by atoms with Crippen LogP contribution in [0.5, 0.6) is 0 Å². The van der Waals surface area contributed by atoms with Crippen molar-refractivity contribution in [2.75, 3.05) is 0 Å². The topological polar surface area (TPSA) is 75.5 Å². The minimum absolute atomic E-state index is 0.483. The van der Waals surface area contributed by atoms with Gasteiger partial charge in [0.25, 0.3) is 0 Å². The number of benzene rings is 5. The molecular weight excluding hydrogens is 1210 g/mol. The molecule has 11 rings (SSSR count). The van der Waals surface area contributed by atoms with Gasteiger partial charge >= 0.3 is 0 Å². The highest BCUT2D eigenvalue weighted by molar-refractivity contribution is 6.30. The summed E-state index contributed by atoms with van der Waals surface area (Å²) in [5.74, 6) is -69.0. The van der Waals surface area contributed by atoms with Gasteiger partial charge in [-0.1, -0.05) is 0 Å². The molecule has 2 aliphatic heterocycles. The molecule has 4 aromatic heterocycles. The largest absolute Gasteiger partial charge is 0.354 e. The van der Waals surface area contributed by atoms with Crippen LogP contribution >= 0.6 is 0 Å². The number of halogens is 25. The highest BCUT2D eigenvalue weighted by Gasteiger charge is 2.37. The standard InChI is InChI=1S/C55H14F25N5/c56-31-26(32(57)42(67)51(76)41(31)66)21-11-1-2-12(81-11)22(27-33(58)43(68)52(77)44(69)34(27)59)14-5-6-16(83-14)24(29-37(62)47(72)54(79)48(73)38(29)63)18-9-10-20(85-18)25(30-39(64)49(74)55(80)50(75)40(30)65)19-8-7-17(84-19)23(15-4-3-13(21)82-15)28-35(60)45(70)53(78)46(71)36(28)61/h1-10,81-84H/b21-11+,21-13?,22-12+,22-14?,23-15?,23-17+,24-16?,24-18+,25-19+,25-20?. The van der Waals surface area contributed by atoms with E-state index in [0.29, 0.717) is 60.7 Å². The number of nitrogens with zero attached hydrogens (tertiary/aromatic N) is 1. The maximum Gasteiger partial charge on any atom is 0.200 e. The summed E-state index contributed by atoms with van der Waals surface area (Å²) in [5.41, 5.74) is -24.1. The average molecular weight is 1220 g/mol. The van der Waals surface area contributed by atoms with E-state index in [9.17, 15) is 22.0 Å². The number of fused-ring (bicyclic) bond motifs is 9. The molecule has 9 aromatic rings. The zero-order valence-electron chi connectivity index (χ0n) is 40.2. The Balaban J connectivity index is 1.42. The van der Waals surface area contributed by atoms with Crippen LogP contribution in [0, 0.1) is 145 Å². The number of hydrogen-bond donors (Lipinski definition) is 4. The lowest BCUT2D eigenvalue weighted by molar-refractivity contribution is 0.376. The molecule has 6 heterocycles. The summed E-state index contributed by atoms with van der Waals surface area (Å²) in [6.07, 6.45) is 0.967. The van der Waals surface area contributed by atoms with Crippen molar-refractivity contribution in [2.45, 2.75) is 0 Å². The maximum atomic E-state index is 16.2. The molecule has 85 heavy (non-hydrogen) atoms. The Labute approximate surface area is 451 Å². The SMILES string of the molecule is Fc1c(F)c(F)c(/C2=C3\C=CC(=N3)/C(c3c(F)c(F)c(F)c(F)c3F)=c3/cc/c([nH]3)=C(\c3c(F)c(F)c(F)c(F)c3F)c3ccc([nH]3)/C(c3c(F)c(F)c(F)c(F)c3F)=c3/cc/c([nH]3)=C(\c3c(F)c(F)c(F)c(F)c3F)c3ccc2[nH]3)c(F)c1F. The van der Waals surface area contributed by atoms with E-state index in [0.717, 1.165) is 0 Å². The number of aromatic amines is 4. The molecular formula is C55H14F25N5. The van der Waals surface area contributed by atoms with Crippen molar-refractivity contribution in [3.8, 4) is 0 Å². The Morgan fingerprint density at radius 2 is 0.400 bits per heavy atom. The first-order valence-electron chi connectivity index (χ1n) is 23.0. The van der Waals surface area contributed by atoms with E-state index >= 15 is 87.8 Å². The maximum absolute atomic E-state index is 16.2. The van der Waals surface area contributed by atoms with Gasteiger partial charge in [0.15, 0.2) is 116 Å². The van der Waals surface area contributed by atoms with Crippen LogP contribution in [-0.2, 0) is 0 Å². The second-order valence-corrected chi connectivity index (χ2v) is 18.0. The van der Waals surface area contributed by atoms with Gasteiger partial charge in [0.1, 0.15) is 0 Å². The Hall–Kier alpha value is -9.90. The van der Waals surface area contributed by atoms with E-state index in [-0.39, 0.29) is 0 Å². The molecule has 5 nitrogen and oxygen atoms in total.